The fraction of sp³-hybridized carbons (Fsp3) is 0.278. The van der Waals surface area contributed by atoms with Crippen LogP contribution in [0.1, 0.15) is 0 Å². The molecule has 0 radical (unpaired) electrons. The smallest absolute Gasteiger partial charge is 0.270 e. The largest absolute Gasteiger partial charge is 0.282 e. The van der Waals surface area contributed by atoms with Gasteiger partial charge in [-0.3, -0.25) is 19.7 Å². The van der Waals surface area contributed by atoms with E-state index in [9.17, 15) is 22.9 Å². The number of sulfonamides is 1. The van der Waals surface area contributed by atoms with Gasteiger partial charge in [0.1, 0.15) is 10.7 Å². The SMILES string of the molecule is O=[N+]([O-])c1ccc2c(cnn2CN2CCN(S(=O)(=O)c3ccccc3F)CC2)c1. The Morgan fingerprint density at radius 2 is 1.83 bits per heavy atom. The lowest BCUT2D eigenvalue weighted by molar-refractivity contribution is -0.384. The Bertz CT molecular complexity index is 1170. The van der Waals surface area contributed by atoms with Crippen molar-refractivity contribution in [2.75, 3.05) is 26.2 Å². The molecule has 2 heterocycles. The molecule has 0 atom stereocenters. The first-order valence-corrected chi connectivity index (χ1v) is 10.4. The topological polar surface area (TPSA) is 102 Å². The van der Waals surface area contributed by atoms with Gasteiger partial charge in [0.15, 0.2) is 0 Å². The van der Waals surface area contributed by atoms with Crippen molar-refractivity contribution in [1.29, 1.82) is 0 Å². The van der Waals surface area contributed by atoms with Crippen LogP contribution >= 0.6 is 0 Å². The zero-order chi connectivity index (χ0) is 20.6. The Balaban J connectivity index is 1.45. The zero-order valence-corrected chi connectivity index (χ0v) is 16.1. The lowest BCUT2D eigenvalue weighted by Crippen LogP contribution is -2.49. The molecule has 0 amide bonds. The van der Waals surface area contributed by atoms with Gasteiger partial charge in [-0.1, -0.05) is 12.1 Å². The van der Waals surface area contributed by atoms with Crippen molar-refractivity contribution in [3.05, 3.63) is 64.6 Å². The Morgan fingerprint density at radius 3 is 2.52 bits per heavy atom. The first-order valence-electron chi connectivity index (χ1n) is 8.93. The third-order valence-electron chi connectivity index (χ3n) is 4.96. The summed E-state index contributed by atoms with van der Waals surface area (Å²) in [5.41, 5.74) is 0.765. The summed E-state index contributed by atoms with van der Waals surface area (Å²) in [5, 5.41) is 15.9. The van der Waals surface area contributed by atoms with E-state index in [1.165, 1.54) is 34.6 Å². The van der Waals surface area contributed by atoms with Crippen LogP contribution < -0.4 is 0 Å². The van der Waals surface area contributed by atoms with E-state index in [0.717, 1.165) is 11.6 Å². The van der Waals surface area contributed by atoms with E-state index in [1.54, 1.807) is 16.9 Å². The van der Waals surface area contributed by atoms with E-state index in [1.807, 2.05) is 4.90 Å². The highest BCUT2D eigenvalue weighted by molar-refractivity contribution is 7.89. The second kappa shape index (κ2) is 7.50. The molecule has 0 spiro atoms. The third-order valence-corrected chi connectivity index (χ3v) is 6.89. The van der Waals surface area contributed by atoms with E-state index in [-0.39, 0.29) is 23.7 Å². The average Bonchev–Trinajstić information content (AvgIpc) is 3.10. The molecule has 11 heteroatoms. The molecule has 9 nitrogen and oxygen atoms in total. The minimum atomic E-state index is -3.88. The lowest BCUT2D eigenvalue weighted by Gasteiger charge is -2.33. The molecule has 0 aliphatic carbocycles. The van der Waals surface area contributed by atoms with Crippen molar-refractivity contribution in [2.24, 2.45) is 0 Å². The van der Waals surface area contributed by atoms with Gasteiger partial charge in [0.05, 0.1) is 23.3 Å². The van der Waals surface area contributed by atoms with E-state index >= 15 is 0 Å². The standard InChI is InChI=1S/C18H18FN5O4S/c19-16-3-1-2-4-18(16)29(27,28)22-9-7-21(8-10-22)13-23-17-6-5-15(24(25)26)11-14(17)12-20-23/h1-6,11-12H,7-10,13H2. The molecule has 29 heavy (non-hydrogen) atoms. The Kier molecular flexibility index (Phi) is 5.03. The number of hydrogen-bond acceptors (Lipinski definition) is 6. The van der Waals surface area contributed by atoms with Gasteiger partial charge in [0.25, 0.3) is 5.69 Å². The van der Waals surface area contributed by atoms with E-state index in [0.29, 0.717) is 25.1 Å². The Labute approximate surface area is 166 Å². The number of piperazine rings is 1. The van der Waals surface area contributed by atoms with Crippen LogP contribution in [-0.4, -0.2) is 58.5 Å². The predicted octanol–water partition coefficient (Wildman–Crippen LogP) is 2.05. The quantitative estimate of drug-likeness (QED) is 0.463. The summed E-state index contributed by atoms with van der Waals surface area (Å²) in [4.78, 5) is 12.2. The lowest BCUT2D eigenvalue weighted by atomic mass is 10.2. The second-order valence-electron chi connectivity index (χ2n) is 6.74. The first kappa shape index (κ1) is 19.4. The summed E-state index contributed by atoms with van der Waals surface area (Å²) in [5.74, 6) is -0.757. The summed E-state index contributed by atoms with van der Waals surface area (Å²) in [6, 6.07) is 9.91. The number of fused-ring (bicyclic) bond motifs is 1. The predicted molar refractivity (Wildman–Crippen MR) is 103 cm³/mol. The number of aromatic nitrogens is 2. The van der Waals surface area contributed by atoms with Gasteiger partial charge in [-0.05, 0) is 18.2 Å². The van der Waals surface area contributed by atoms with Gasteiger partial charge in [0.2, 0.25) is 10.0 Å². The van der Waals surface area contributed by atoms with Gasteiger partial charge in [0, 0.05) is 43.7 Å². The van der Waals surface area contributed by atoms with Crippen molar-refractivity contribution in [2.45, 2.75) is 11.6 Å². The molecule has 4 rings (SSSR count). The van der Waals surface area contributed by atoms with Gasteiger partial charge < -0.3 is 0 Å². The van der Waals surface area contributed by atoms with Crippen LogP contribution in [0.25, 0.3) is 10.9 Å². The maximum Gasteiger partial charge on any atom is 0.270 e. The monoisotopic (exact) mass is 419 g/mol. The van der Waals surface area contributed by atoms with Crippen LogP contribution in [0.5, 0.6) is 0 Å². The minimum Gasteiger partial charge on any atom is -0.282 e. The van der Waals surface area contributed by atoms with Crippen LogP contribution in [0.4, 0.5) is 10.1 Å². The summed E-state index contributed by atoms with van der Waals surface area (Å²) >= 11 is 0. The maximum absolute atomic E-state index is 13.9. The maximum atomic E-state index is 13.9. The molecular formula is C18H18FN5O4S. The molecule has 0 saturated carbocycles. The van der Waals surface area contributed by atoms with Gasteiger partial charge in [-0.2, -0.15) is 9.40 Å². The van der Waals surface area contributed by atoms with Crippen LogP contribution in [0.15, 0.2) is 53.6 Å². The second-order valence-corrected chi connectivity index (χ2v) is 8.64. The summed E-state index contributed by atoms with van der Waals surface area (Å²) < 4.78 is 42.3. The molecule has 2 aromatic carbocycles. The summed E-state index contributed by atoms with van der Waals surface area (Å²) in [7, 11) is -3.88. The first-order chi connectivity index (χ1) is 13.9. The van der Waals surface area contributed by atoms with E-state index < -0.39 is 20.8 Å². The molecule has 0 bridgehead atoms. The highest BCUT2D eigenvalue weighted by Gasteiger charge is 2.30. The molecule has 0 unspecified atom stereocenters. The number of non-ortho nitro benzene ring substituents is 1. The molecule has 1 fully saturated rings. The fourth-order valence-corrected chi connectivity index (χ4v) is 4.88. The zero-order valence-electron chi connectivity index (χ0n) is 15.3. The molecule has 3 aromatic rings. The Hall–Kier alpha value is -2.89. The van der Waals surface area contributed by atoms with E-state index in [2.05, 4.69) is 5.10 Å². The molecule has 0 N–H and O–H groups in total. The average molecular weight is 419 g/mol. The van der Waals surface area contributed by atoms with Crippen LogP contribution in [0.2, 0.25) is 0 Å². The Morgan fingerprint density at radius 1 is 1.10 bits per heavy atom. The molecule has 1 saturated heterocycles. The van der Waals surface area contributed by atoms with Gasteiger partial charge >= 0.3 is 0 Å². The number of benzene rings is 2. The third kappa shape index (κ3) is 3.71. The number of nitro groups is 1. The van der Waals surface area contributed by atoms with Gasteiger partial charge in [-0.15, -0.1) is 0 Å². The number of rotatable bonds is 5. The molecular weight excluding hydrogens is 401 g/mol. The number of nitro benzene ring substituents is 1. The van der Waals surface area contributed by atoms with Gasteiger partial charge in [-0.25, -0.2) is 12.8 Å². The summed E-state index contributed by atoms with van der Waals surface area (Å²) in [6.07, 6.45) is 1.57. The molecule has 1 aromatic heterocycles. The number of hydrogen-bond donors (Lipinski definition) is 0. The highest BCUT2D eigenvalue weighted by atomic mass is 32.2. The van der Waals surface area contributed by atoms with Crippen molar-refractivity contribution in [3.63, 3.8) is 0 Å². The van der Waals surface area contributed by atoms with Crippen molar-refractivity contribution >= 4 is 26.6 Å². The number of nitrogens with zero attached hydrogens (tertiary/aromatic N) is 5. The number of halogens is 1. The van der Waals surface area contributed by atoms with Crippen molar-refractivity contribution in [1.82, 2.24) is 19.0 Å². The van der Waals surface area contributed by atoms with Crippen LogP contribution in [-0.2, 0) is 16.7 Å². The normalized spacial score (nSPS) is 16.3. The minimum absolute atomic E-state index is 0.00372. The van der Waals surface area contributed by atoms with Crippen LogP contribution in [0, 0.1) is 15.9 Å². The molecule has 1 aliphatic rings. The van der Waals surface area contributed by atoms with E-state index in [4.69, 9.17) is 0 Å². The van der Waals surface area contributed by atoms with Crippen molar-refractivity contribution < 1.29 is 17.7 Å². The molecule has 1 aliphatic heterocycles. The summed E-state index contributed by atoms with van der Waals surface area (Å²) in [6.45, 7) is 1.82. The fourth-order valence-electron chi connectivity index (χ4n) is 3.39. The van der Waals surface area contributed by atoms with Crippen molar-refractivity contribution in [3.8, 4) is 0 Å². The highest BCUT2D eigenvalue weighted by Crippen LogP contribution is 2.23. The van der Waals surface area contributed by atoms with Crippen LogP contribution in [0.3, 0.4) is 0 Å². The molecule has 152 valence electrons.